The van der Waals surface area contributed by atoms with Gasteiger partial charge >= 0.3 is 0 Å². The zero-order chi connectivity index (χ0) is 18.0. The molecule has 3 rings (SSSR count). The Balaban J connectivity index is 0.00000243. The van der Waals surface area contributed by atoms with Gasteiger partial charge in [-0.1, -0.05) is 41.9 Å². The van der Waals surface area contributed by atoms with Crippen molar-refractivity contribution < 1.29 is 8.42 Å². The van der Waals surface area contributed by atoms with Gasteiger partial charge in [-0.05, 0) is 36.2 Å². The average molecular weight is 412 g/mol. The van der Waals surface area contributed by atoms with E-state index >= 15 is 0 Å². The van der Waals surface area contributed by atoms with Crippen LogP contribution in [-0.4, -0.2) is 32.4 Å². The van der Waals surface area contributed by atoms with Gasteiger partial charge in [0.1, 0.15) is 4.90 Å². The molecule has 2 atom stereocenters. The molecule has 0 aliphatic carbocycles. The number of hydrogen-bond donors (Lipinski definition) is 1. The van der Waals surface area contributed by atoms with Crippen molar-refractivity contribution in [2.24, 2.45) is 11.7 Å². The number of nitrogens with zero attached hydrogens (tertiary/aromatic N) is 2. The zero-order valence-corrected chi connectivity index (χ0v) is 16.3. The summed E-state index contributed by atoms with van der Waals surface area (Å²) in [6.45, 7) is 1.13. The third-order valence-electron chi connectivity index (χ3n) is 4.62. The van der Waals surface area contributed by atoms with Gasteiger partial charge in [0.15, 0.2) is 0 Å². The van der Waals surface area contributed by atoms with Crippen LogP contribution in [0.4, 0.5) is 0 Å². The number of benzene rings is 2. The van der Waals surface area contributed by atoms with Gasteiger partial charge < -0.3 is 5.73 Å². The van der Waals surface area contributed by atoms with Crippen LogP contribution in [0.3, 0.4) is 0 Å². The van der Waals surface area contributed by atoms with Gasteiger partial charge in [-0.2, -0.15) is 9.57 Å². The highest BCUT2D eigenvalue weighted by molar-refractivity contribution is 7.89. The highest BCUT2D eigenvalue weighted by Gasteiger charge is 2.40. The van der Waals surface area contributed by atoms with E-state index in [0.717, 1.165) is 5.56 Å². The minimum Gasteiger partial charge on any atom is -0.330 e. The SMILES string of the molecule is Cl.N#Cc1ccc(S(=O)(=O)N2C[C@@H](CN)[C@H](c3ccccc3)C2)c(Cl)c1. The average Bonchev–Trinajstić information content (AvgIpc) is 3.07. The summed E-state index contributed by atoms with van der Waals surface area (Å²) in [5, 5.41) is 8.97. The van der Waals surface area contributed by atoms with Gasteiger partial charge in [0.05, 0.1) is 16.7 Å². The molecule has 0 unspecified atom stereocenters. The molecular weight excluding hydrogens is 393 g/mol. The predicted octanol–water partition coefficient (Wildman–Crippen LogP) is 3.00. The van der Waals surface area contributed by atoms with Crippen molar-refractivity contribution in [1.29, 1.82) is 5.26 Å². The Bertz CT molecular complexity index is 914. The summed E-state index contributed by atoms with van der Waals surface area (Å²) in [7, 11) is -3.74. The molecule has 26 heavy (non-hydrogen) atoms. The second-order valence-corrected chi connectivity index (χ2v) is 8.41. The van der Waals surface area contributed by atoms with E-state index in [4.69, 9.17) is 22.6 Å². The molecule has 1 saturated heterocycles. The maximum atomic E-state index is 13.0. The first kappa shape index (κ1) is 20.7. The van der Waals surface area contributed by atoms with Crippen LogP contribution in [-0.2, 0) is 10.0 Å². The summed E-state index contributed by atoms with van der Waals surface area (Å²) in [6.07, 6.45) is 0. The minimum absolute atomic E-state index is 0. The van der Waals surface area contributed by atoms with Crippen molar-refractivity contribution in [1.82, 2.24) is 4.31 Å². The molecule has 138 valence electrons. The Morgan fingerprint density at radius 3 is 2.46 bits per heavy atom. The van der Waals surface area contributed by atoms with Crippen molar-refractivity contribution in [3.63, 3.8) is 0 Å². The molecule has 5 nitrogen and oxygen atoms in total. The zero-order valence-electron chi connectivity index (χ0n) is 13.9. The van der Waals surface area contributed by atoms with Gasteiger partial charge in [0, 0.05) is 19.0 Å². The molecule has 2 aromatic rings. The van der Waals surface area contributed by atoms with Crippen molar-refractivity contribution in [2.75, 3.05) is 19.6 Å². The highest BCUT2D eigenvalue weighted by atomic mass is 35.5. The van der Waals surface area contributed by atoms with Crippen molar-refractivity contribution >= 4 is 34.0 Å². The smallest absolute Gasteiger partial charge is 0.244 e. The maximum Gasteiger partial charge on any atom is 0.244 e. The fourth-order valence-corrected chi connectivity index (χ4v) is 5.30. The summed E-state index contributed by atoms with van der Waals surface area (Å²) >= 11 is 6.11. The van der Waals surface area contributed by atoms with E-state index in [1.165, 1.54) is 22.5 Å². The number of rotatable bonds is 4. The molecule has 1 fully saturated rings. The summed E-state index contributed by atoms with van der Waals surface area (Å²) < 4.78 is 27.5. The van der Waals surface area contributed by atoms with Crippen molar-refractivity contribution in [3.05, 3.63) is 64.7 Å². The maximum absolute atomic E-state index is 13.0. The van der Waals surface area contributed by atoms with E-state index in [-0.39, 0.29) is 34.2 Å². The fourth-order valence-electron chi connectivity index (χ4n) is 3.26. The van der Waals surface area contributed by atoms with Crippen LogP contribution >= 0.6 is 24.0 Å². The largest absolute Gasteiger partial charge is 0.330 e. The summed E-state index contributed by atoms with van der Waals surface area (Å²) in [5.74, 6) is 0.104. The molecule has 1 heterocycles. The van der Waals surface area contributed by atoms with Gasteiger partial charge in [0.25, 0.3) is 0 Å². The Morgan fingerprint density at radius 1 is 1.19 bits per heavy atom. The van der Waals surface area contributed by atoms with E-state index < -0.39 is 10.0 Å². The van der Waals surface area contributed by atoms with Crippen LogP contribution in [0.1, 0.15) is 17.0 Å². The second-order valence-electron chi connectivity index (χ2n) is 6.09. The van der Waals surface area contributed by atoms with E-state index in [1.54, 1.807) is 0 Å². The molecule has 0 saturated carbocycles. The predicted molar refractivity (Wildman–Crippen MR) is 104 cm³/mol. The molecule has 1 aliphatic rings. The number of halogens is 2. The molecule has 1 aliphatic heterocycles. The lowest BCUT2D eigenvalue weighted by Crippen LogP contribution is -2.30. The second kappa shape index (κ2) is 8.38. The Kier molecular flexibility index (Phi) is 6.67. The monoisotopic (exact) mass is 411 g/mol. The van der Waals surface area contributed by atoms with Crippen LogP contribution in [0.2, 0.25) is 5.02 Å². The molecule has 2 aromatic carbocycles. The number of hydrogen-bond acceptors (Lipinski definition) is 4. The van der Waals surface area contributed by atoms with Gasteiger partial charge in [-0.15, -0.1) is 12.4 Å². The van der Waals surface area contributed by atoms with E-state index in [2.05, 4.69) is 0 Å². The number of nitrogens with two attached hydrogens (primary N) is 1. The third kappa shape index (κ3) is 3.88. The van der Waals surface area contributed by atoms with Crippen molar-refractivity contribution in [3.8, 4) is 6.07 Å². The first-order valence-electron chi connectivity index (χ1n) is 7.92. The van der Waals surface area contributed by atoms with Crippen LogP contribution in [0.15, 0.2) is 53.4 Å². The van der Waals surface area contributed by atoms with Gasteiger partial charge in [0.2, 0.25) is 10.0 Å². The van der Waals surface area contributed by atoms with E-state index in [9.17, 15) is 8.42 Å². The molecule has 2 N–H and O–H groups in total. The van der Waals surface area contributed by atoms with E-state index in [0.29, 0.717) is 25.2 Å². The molecule has 0 bridgehead atoms. The first-order chi connectivity index (χ1) is 12.0. The number of sulfonamides is 1. The summed E-state index contributed by atoms with van der Waals surface area (Å²) in [4.78, 5) is 0.0256. The lowest BCUT2D eigenvalue weighted by molar-refractivity contribution is 0.459. The highest BCUT2D eigenvalue weighted by Crippen LogP contribution is 2.36. The van der Waals surface area contributed by atoms with Crippen LogP contribution in [0.25, 0.3) is 0 Å². The molecule has 0 amide bonds. The fraction of sp³-hybridized carbons (Fsp3) is 0.278. The standard InChI is InChI=1S/C18H18ClN3O2S.ClH/c19-17-8-13(9-20)6-7-18(17)25(23,24)22-11-15(10-21)16(12-22)14-4-2-1-3-5-14;/h1-8,15-16H,10-12,21H2;1H/t15-,16+;/m1./s1. The summed E-state index contributed by atoms with van der Waals surface area (Å²) in [5.41, 5.74) is 7.30. The van der Waals surface area contributed by atoms with E-state index in [1.807, 2.05) is 36.4 Å². The molecule has 0 spiro atoms. The molecular formula is C18H19Cl2N3O2S. The summed E-state index contributed by atoms with van der Waals surface area (Å²) in [6, 6.07) is 16.0. The topological polar surface area (TPSA) is 87.2 Å². The Morgan fingerprint density at radius 2 is 1.88 bits per heavy atom. The van der Waals surface area contributed by atoms with Crippen LogP contribution < -0.4 is 5.73 Å². The number of nitriles is 1. The normalized spacial score (nSPS) is 20.3. The van der Waals surface area contributed by atoms with Crippen LogP contribution in [0.5, 0.6) is 0 Å². The Labute approximate surface area is 164 Å². The first-order valence-corrected chi connectivity index (χ1v) is 9.74. The lowest BCUT2D eigenvalue weighted by Gasteiger charge is -2.17. The minimum atomic E-state index is -3.74. The third-order valence-corrected chi connectivity index (χ3v) is 6.93. The van der Waals surface area contributed by atoms with Crippen molar-refractivity contribution in [2.45, 2.75) is 10.8 Å². The van der Waals surface area contributed by atoms with Crippen LogP contribution in [0, 0.1) is 17.2 Å². The molecule has 0 aromatic heterocycles. The van der Waals surface area contributed by atoms with Gasteiger partial charge in [-0.3, -0.25) is 0 Å². The lowest BCUT2D eigenvalue weighted by atomic mass is 9.89. The molecule has 0 radical (unpaired) electrons. The molecule has 8 heteroatoms. The quantitative estimate of drug-likeness (QED) is 0.837. The van der Waals surface area contributed by atoms with Gasteiger partial charge in [-0.25, -0.2) is 8.42 Å². The Hall–Kier alpha value is -1.62.